The summed E-state index contributed by atoms with van der Waals surface area (Å²) in [5, 5.41) is 14.4. The van der Waals surface area contributed by atoms with Gasteiger partial charge < -0.3 is 27.2 Å². The Hall–Kier alpha value is -2.63. The van der Waals surface area contributed by atoms with E-state index in [0.29, 0.717) is 22.6 Å². The first-order valence-corrected chi connectivity index (χ1v) is 9.76. The van der Waals surface area contributed by atoms with Gasteiger partial charge >= 0.3 is 5.97 Å². The lowest BCUT2D eigenvalue weighted by atomic mass is 10.0. The van der Waals surface area contributed by atoms with Crippen LogP contribution in [0.25, 0.3) is 0 Å². The predicted molar refractivity (Wildman–Crippen MR) is 109 cm³/mol. The maximum absolute atomic E-state index is 12.5. The molecule has 28 heavy (non-hydrogen) atoms. The van der Waals surface area contributed by atoms with Gasteiger partial charge in [-0.1, -0.05) is 12.1 Å². The van der Waals surface area contributed by atoms with Crippen LogP contribution in [-0.2, 0) is 14.4 Å². The molecule has 1 saturated heterocycles. The summed E-state index contributed by atoms with van der Waals surface area (Å²) >= 11 is 6.17. The third kappa shape index (κ3) is 3.68. The van der Waals surface area contributed by atoms with E-state index in [-0.39, 0.29) is 10.8 Å². The van der Waals surface area contributed by atoms with Crippen molar-refractivity contribution >= 4 is 52.6 Å². The van der Waals surface area contributed by atoms with Crippen molar-refractivity contribution in [3.05, 3.63) is 41.1 Å². The molecule has 2 aliphatic rings. The number of thioether (sulfide) groups is 1. The lowest BCUT2D eigenvalue weighted by molar-refractivity contribution is -0.150. The van der Waals surface area contributed by atoms with Crippen LogP contribution < -0.4 is 22.1 Å². The van der Waals surface area contributed by atoms with Crippen molar-refractivity contribution in [2.45, 2.75) is 24.4 Å². The number of nitrogens with zero attached hydrogens (tertiary/aromatic N) is 1. The quantitative estimate of drug-likeness (QED) is 0.329. The van der Waals surface area contributed by atoms with E-state index in [1.165, 1.54) is 16.7 Å². The van der Waals surface area contributed by atoms with Crippen LogP contribution in [0.3, 0.4) is 0 Å². The van der Waals surface area contributed by atoms with Gasteiger partial charge in [-0.25, -0.2) is 4.79 Å². The molecule has 148 valence electrons. The summed E-state index contributed by atoms with van der Waals surface area (Å²) in [4.78, 5) is 37.6. The monoisotopic (exact) mass is 421 g/mol. The predicted octanol–water partition coefficient (Wildman–Crippen LogP) is 0.100. The van der Waals surface area contributed by atoms with Gasteiger partial charge in [0.2, 0.25) is 5.91 Å². The second-order valence-electron chi connectivity index (χ2n) is 6.42. The van der Waals surface area contributed by atoms with E-state index < -0.39 is 35.2 Å². The lowest BCUT2D eigenvalue weighted by Gasteiger charge is -2.49. The van der Waals surface area contributed by atoms with Crippen molar-refractivity contribution in [1.29, 1.82) is 0 Å². The molecule has 1 aromatic carbocycles. The Kier molecular flexibility index (Phi) is 5.59. The van der Waals surface area contributed by atoms with E-state index >= 15 is 0 Å². The first-order valence-electron chi connectivity index (χ1n) is 8.30. The fourth-order valence-electron chi connectivity index (χ4n) is 3.09. The number of aliphatic carboxylic acids is 1. The molecule has 0 radical (unpaired) electrons. The van der Waals surface area contributed by atoms with Crippen LogP contribution in [0.4, 0.5) is 5.69 Å². The van der Waals surface area contributed by atoms with E-state index in [9.17, 15) is 19.5 Å². The molecular formula is C17H19N5O4S2. The molecule has 2 heterocycles. The van der Waals surface area contributed by atoms with Crippen LogP contribution in [0.5, 0.6) is 0 Å². The van der Waals surface area contributed by atoms with E-state index in [4.69, 9.17) is 23.7 Å². The van der Waals surface area contributed by atoms with Crippen LogP contribution in [0.2, 0.25) is 0 Å². The van der Waals surface area contributed by atoms with E-state index in [0.717, 1.165) is 0 Å². The number of benzene rings is 1. The fourth-order valence-corrected chi connectivity index (χ4v) is 4.50. The number of hydrogen-bond acceptors (Lipinski definition) is 6. The maximum Gasteiger partial charge on any atom is 0.352 e. The molecule has 0 aliphatic carbocycles. The largest absolute Gasteiger partial charge is 0.477 e. The van der Waals surface area contributed by atoms with Crippen LogP contribution >= 0.6 is 24.0 Å². The summed E-state index contributed by atoms with van der Waals surface area (Å²) in [5.74, 6) is -1.64. The highest BCUT2D eigenvalue weighted by Gasteiger charge is 2.53. The van der Waals surface area contributed by atoms with E-state index in [1.54, 1.807) is 31.2 Å². The number of carbonyl (C=O) groups is 3. The van der Waals surface area contributed by atoms with Gasteiger partial charge in [0.25, 0.3) is 5.91 Å². The summed E-state index contributed by atoms with van der Waals surface area (Å²) in [6.45, 7) is 1.68. The van der Waals surface area contributed by atoms with Crippen molar-refractivity contribution in [1.82, 2.24) is 10.2 Å². The molecule has 0 saturated carbocycles. The Balaban J connectivity index is 1.66. The lowest BCUT2D eigenvalue weighted by Crippen LogP contribution is -2.71. The van der Waals surface area contributed by atoms with Gasteiger partial charge in [0, 0.05) is 11.4 Å². The molecule has 2 amide bonds. The molecule has 3 atom stereocenters. The molecule has 3 rings (SSSR count). The first kappa shape index (κ1) is 20.1. The van der Waals surface area contributed by atoms with Crippen LogP contribution in [-0.4, -0.2) is 50.1 Å². The summed E-state index contributed by atoms with van der Waals surface area (Å²) < 4.78 is 0. The number of anilines is 1. The number of carbonyl (C=O) groups excluding carboxylic acids is 2. The summed E-state index contributed by atoms with van der Waals surface area (Å²) in [7, 11) is 0. The van der Waals surface area contributed by atoms with Gasteiger partial charge in [-0.3, -0.25) is 14.5 Å². The molecule has 0 aromatic heterocycles. The van der Waals surface area contributed by atoms with Gasteiger partial charge in [0.15, 0.2) is 5.11 Å². The number of carboxylic acids is 1. The molecule has 0 bridgehead atoms. The average Bonchev–Trinajstić information content (AvgIpc) is 2.65. The fraction of sp³-hybridized carbons (Fsp3) is 0.294. The third-order valence-electron chi connectivity index (χ3n) is 4.48. The van der Waals surface area contributed by atoms with E-state index in [1.807, 2.05) is 0 Å². The van der Waals surface area contributed by atoms with Crippen molar-refractivity contribution in [2.75, 3.05) is 11.1 Å². The topological polar surface area (TPSA) is 151 Å². The Morgan fingerprint density at radius 1 is 1.36 bits per heavy atom. The molecule has 2 unspecified atom stereocenters. The van der Waals surface area contributed by atoms with E-state index in [2.05, 4.69) is 10.6 Å². The van der Waals surface area contributed by atoms with Crippen molar-refractivity contribution in [3.8, 4) is 0 Å². The number of nitrogens with two attached hydrogens (primary N) is 2. The average molecular weight is 422 g/mol. The Morgan fingerprint density at radius 2 is 2.00 bits per heavy atom. The van der Waals surface area contributed by atoms with Gasteiger partial charge in [-0.2, -0.15) is 0 Å². The minimum Gasteiger partial charge on any atom is -0.477 e. The van der Waals surface area contributed by atoms with Crippen LogP contribution in [0, 0.1) is 0 Å². The zero-order valence-electron chi connectivity index (χ0n) is 14.8. The summed E-state index contributed by atoms with van der Waals surface area (Å²) in [6.07, 6.45) is 0. The Labute approximate surface area is 170 Å². The highest BCUT2D eigenvalue weighted by Crippen LogP contribution is 2.40. The van der Waals surface area contributed by atoms with Gasteiger partial charge in [-0.05, 0) is 42.4 Å². The highest BCUT2D eigenvalue weighted by molar-refractivity contribution is 8.00. The van der Waals surface area contributed by atoms with Gasteiger partial charge in [0.05, 0.1) is 0 Å². The standard InChI is InChI=1S/C17H19N5O4S2/c1-7-6-28-15-11(14(24)22(15)12(7)16(25)26)21-13(23)10(18)8-2-4-9(5-3-8)20-17(19)27/h2-5,10-11,15H,6,18H2,1H3,(H,21,23)(H,25,26)(H3,19,20,27)/t10?,11?,15-/m0/s1. The molecule has 2 aliphatic heterocycles. The van der Waals surface area contributed by atoms with Crippen molar-refractivity contribution in [3.63, 3.8) is 0 Å². The van der Waals surface area contributed by atoms with Crippen molar-refractivity contribution < 1.29 is 19.5 Å². The second kappa shape index (κ2) is 7.78. The molecule has 1 fully saturated rings. The van der Waals surface area contributed by atoms with Crippen molar-refractivity contribution in [2.24, 2.45) is 11.5 Å². The van der Waals surface area contributed by atoms with Crippen LogP contribution in [0.1, 0.15) is 18.5 Å². The number of β-lactam (4-membered cyclic amide) rings is 1. The SMILES string of the molecule is CC1=C(C(=O)O)N2C(=O)C(NC(=O)C(N)c3ccc(NC(N)=S)cc3)[C@@H]2SC1. The normalized spacial score (nSPS) is 22.1. The molecule has 1 aromatic rings. The molecule has 9 nitrogen and oxygen atoms in total. The number of carboxylic acid groups (broad SMARTS) is 1. The third-order valence-corrected chi connectivity index (χ3v) is 6.01. The number of fused-ring (bicyclic) bond motifs is 1. The number of amides is 2. The summed E-state index contributed by atoms with van der Waals surface area (Å²) in [6, 6.07) is 4.89. The molecular weight excluding hydrogens is 402 g/mol. The molecule has 11 heteroatoms. The minimum atomic E-state index is -1.15. The number of nitrogens with one attached hydrogen (secondary N) is 2. The molecule has 7 N–H and O–H groups in total. The molecule has 0 spiro atoms. The van der Waals surface area contributed by atoms with Crippen LogP contribution in [0.15, 0.2) is 35.5 Å². The highest BCUT2D eigenvalue weighted by atomic mass is 32.2. The summed E-state index contributed by atoms with van der Waals surface area (Å²) in [5.41, 5.74) is 13.2. The van der Waals surface area contributed by atoms with Gasteiger partial charge in [0.1, 0.15) is 23.2 Å². The smallest absolute Gasteiger partial charge is 0.352 e. The minimum absolute atomic E-state index is 0.00976. The first-order chi connectivity index (χ1) is 13.2. The Bertz CT molecular complexity index is 886. The number of thiocarbonyl (C=S) groups is 1. The number of hydrogen-bond donors (Lipinski definition) is 5. The zero-order valence-corrected chi connectivity index (χ0v) is 16.5. The van der Waals surface area contributed by atoms with Gasteiger partial charge in [-0.15, -0.1) is 11.8 Å². The number of rotatable bonds is 5. The Morgan fingerprint density at radius 3 is 2.57 bits per heavy atom. The maximum atomic E-state index is 12.5. The second-order valence-corrected chi connectivity index (χ2v) is 7.96. The zero-order chi connectivity index (χ0) is 20.6.